The third kappa shape index (κ3) is 2.64. The van der Waals surface area contributed by atoms with Crippen LogP contribution < -0.4 is 4.74 Å². The van der Waals surface area contributed by atoms with Crippen molar-refractivity contribution < 1.29 is 4.74 Å². The Morgan fingerprint density at radius 3 is 2.57 bits per heavy atom. The van der Waals surface area contributed by atoms with E-state index >= 15 is 0 Å². The van der Waals surface area contributed by atoms with Gasteiger partial charge in [0.15, 0.2) is 5.82 Å². The van der Waals surface area contributed by atoms with Gasteiger partial charge in [0.1, 0.15) is 5.75 Å². The number of nitrogens with one attached hydrogen (secondary N) is 1. The van der Waals surface area contributed by atoms with E-state index in [-0.39, 0.29) is 10.8 Å². The Morgan fingerprint density at radius 1 is 1.29 bits per heavy atom. The van der Waals surface area contributed by atoms with Gasteiger partial charge in [0, 0.05) is 0 Å². The Morgan fingerprint density at radius 2 is 2.05 bits per heavy atom. The zero-order valence-electron chi connectivity index (χ0n) is 13.1. The Hall–Kier alpha value is -1.91. The number of aromatic amines is 1. The molecule has 1 aromatic heterocycles. The molecular formula is C16H22N4O. The molecule has 1 aliphatic rings. The van der Waals surface area contributed by atoms with Crippen LogP contribution in [-0.2, 0) is 11.8 Å². The fourth-order valence-corrected chi connectivity index (χ4v) is 2.92. The van der Waals surface area contributed by atoms with Crippen molar-refractivity contribution in [3.63, 3.8) is 0 Å². The summed E-state index contributed by atoms with van der Waals surface area (Å²) in [7, 11) is 1.73. The van der Waals surface area contributed by atoms with Crippen LogP contribution in [0, 0.1) is 5.41 Å². The van der Waals surface area contributed by atoms with E-state index < -0.39 is 0 Å². The highest BCUT2D eigenvalue weighted by Crippen LogP contribution is 2.52. The molecule has 1 saturated carbocycles. The first-order valence-corrected chi connectivity index (χ1v) is 7.36. The third-order valence-electron chi connectivity index (χ3n) is 4.08. The normalized spacial score (nSPS) is 16.8. The van der Waals surface area contributed by atoms with Crippen LogP contribution in [0.1, 0.15) is 50.6 Å². The average Bonchev–Trinajstić information content (AvgIpc) is 3.04. The number of tetrazole rings is 1. The van der Waals surface area contributed by atoms with E-state index in [1.54, 1.807) is 7.11 Å². The fraction of sp³-hybridized carbons (Fsp3) is 0.562. The summed E-state index contributed by atoms with van der Waals surface area (Å²) >= 11 is 0. The molecule has 0 bridgehead atoms. The van der Waals surface area contributed by atoms with E-state index in [1.807, 2.05) is 0 Å². The number of H-pyrrole nitrogens is 1. The van der Waals surface area contributed by atoms with Gasteiger partial charge < -0.3 is 4.74 Å². The Labute approximate surface area is 125 Å². The molecule has 112 valence electrons. The van der Waals surface area contributed by atoms with Crippen molar-refractivity contribution >= 4 is 0 Å². The average molecular weight is 286 g/mol. The van der Waals surface area contributed by atoms with Crippen molar-refractivity contribution in [3.05, 3.63) is 35.2 Å². The maximum atomic E-state index is 5.52. The number of ether oxygens (including phenoxy) is 1. The second kappa shape index (κ2) is 4.83. The van der Waals surface area contributed by atoms with Crippen molar-refractivity contribution in [2.24, 2.45) is 5.41 Å². The van der Waals surface area contributed by atoms with Gasteiger partial charge in [-0.2, -0.15) is 5.21 Å². The Balaban J connectivity index is 1.99. The summed E-state index contributed by atoms with van der Waals surface area (Å²) in [6.45, 7) is 6.72. The summed E-state index contributed by atoms with van der Waals surface area (Å²) in [5.41, 5.74) is 2.68. The van der Waals surface area contributed by atoms with Gasteiger partial charge in [-0.25, -0.2) is 0 Å². The van der Waals surface area contributed by atoms with Crippen LogP contribution in [0.2, 0.25) is 0 Å². The lowest BCUT2D eigenvalue weighted by atomic mass is 9.85. The monoisotopic (exact) mass is 286 g/mol. The van der Waals surface area contributed by atoms with Crippen LogP contribution in [0.15, 0.2) is 18.2 Å². The van der Waals surface area contributed by atoms with E-state index in [0.29, 0.717) is 0 Å². The van der Waals surface area contributed by atoms with Crippen LogP contribution in [0.4, 0.5) is 0 Å². The van der Waals surface area contributed by atoms with Gasteiger partial charge in [-0.1, -0.05) is 38.1 Å². The molecule has 1 aromatic carbocycles. The highest BCUT2D eigenvalue weighted by Gasteiger charge is 2.49. The first-order valence-electron chi connectivity index (χ1n) is 7.36. The van der Waals surface area contributed by atoms with Crippen molar-refractivity contribution in [1.29, 1.82) is 0 Å². The molecule has 0 spiro atoms. The molecule has 0 aliphatic heterocycles. The molecule has 1 aliphatic carbocycles. The minimum absolute atomic E-state index is 0.0497. The molecule has 1 N–H and O–H groups in total. The second-order valence-corrected chi connectivity index (χ2v) is 7.08. The van der Waals surface area contributed by atoms with Gasteiger partial charge in [0.2, 0.25) is 0 Å². The highest BCUT2D eigenvalue weighted by molar-refractivity contribution is 5.46. The largest absolute Gasteiger partial charge is 0.496 e. The molecule has 1 fully saturated rings. The lowest BCUT2D eigenvalue weighted by Gasteiger charge is -2.22. The maximum absolute atomic E-state index is 5.52. The Kier molecular flexibility index (Phi) is 3.23. The molecule has 0 atom stereocenters. The van der Waals surface area contributed by atoms with Gasteiger partial charge in [0.05, 0.1) is 12.5 Å². The Bertz CT molecular complexity index is 624. The van der Waals surface area contributed by atoms with Crippen molar-refractivity contribution in [1.82, 2.24) is 20.6 Å². The van der Waals surface area contributed by atoms with Gasteiger partial charge in [-0.3, -0.25) is 0 Å². The summed E-state index contributed by atoms with van der Waals surface area (Å²) < 4.78 is 5.52. The lowest BCUT2D eigenvalue weighted by Crippen LogP contribution is -2.14. The molecule has 1 heterocycles. The first kappa shape index (κ1) is 14.0. The molecule has 0 amide bonds. The molecular weight excluding hydrogens is 264 g/mol. The summed E-state index contributed by atoms with van der Waals surface area (Å²) in [4.78, 5) is 0. The molecule has 0 saturated heterocycles. The number of aromatic nitrogens is 4. The molecule has 0 unspecified atom stereocenters. The lowest BCUT2D eigenvalue weighted by molar-refractivity contribution is 0.378. The van der Waals surface area contributed by atoms with Crippen LogP contribution in [0.25, 0.3) is 0 Å². The van der Waals surface area contributed by atoms with Crippen molar-refractivity contribution in [2.45, 2.75) is 45.4 Å². The summed E-state index contributed by atoms with van der Waals surface area (Å²) in [5, 5.41) is 14.7. The number of rotatable bonds is 4. The summed E-state index contributed by atoms with van der Waals surface area (Å²) in [6, 6.07) is 6.46. The molecule has 21 heavy (non-hydrogen) atoms. The van der Waals surface area contributed by atoms with Crippen molar-refractivity contribution in [2.75, 3.05) is 7.11 Å². The SMILES string of the molecule is COc1ccc(C2(c3nn[nH]n3)CC2)cc1CC(C)(C)C. The zero-order chi connectivity index (χ0) is 15.1. The molecule has 5 nitrogen and oxygen atoms in total. The van der Waals surface area contributed by atoms with Gasteiger partial charge >= 0.3 is 0 Å². The van der Waals surface area contributed by atoms with Crippen LogP contribution >= 0.6 is 0 Å². The highest BCUT2D eigenvalue weighted by atomic mass is 16.5. The van der Waals surface area contributed by atoms with Gasteiger partial charge in [-0.15, -0.1) is 10.2 Å². The number of hydrogen-bond donors (Lipinski definition) is 1. The second-order valence-electron chi connectivity index (χ2n) is 7.08. The predicted octanol–water partition coefficient (Wildman–Crippen LogP) is 2.88. The third-order valence-corrected chi connectivity index (χ3v) is 4.08. The van der Waals surface area contributed by atoms with E-state index in [0.717, 1.165) is 30.8 Å². The maximum Gasteiger partial charge on any atom is 0.185 e. The minimum atomic E-state index is -0.0497. The van der Waals surface area contributed by atoms with Crippen LogP contribution in [0.3, 0.4) is 0 Å². The van der Waals surface area contributed by atoms with E-state index in [2.05, 4.69) is 59.6 Å². The number of benzene rings is 1. The number of hydrogen-bond acceptors (Lipinski definition) is 4. The quantitative estimate of drug-likeness (QED) is 0.938. The number of nitrogens with zero attached hydrogens (tertiary/aromatic N) is 3. The van der Waals surface area contributed by atoms with E-state index in [4.69, 9.17) is 4.74 Å². The number of methoxy groups -OCH3 is 1. The van der Waals surface area contributed by atoms with E-state index in [1.165, 1.54) is 11.1 Å². The van der Waals surface area contributed by atoms with Crippen LogP contribution in [0.5, 0.6) is 5.75 Å². The van der Waals surface area contributed by atoms with Gasteiger partial charge in [0.25, 0.3) is 0 Å². The van der Waals surface area contributed by atoms with Crippen molar-refractivity contribution in [3.8, 4) is 5.75 Å². The zero-order valence-corrected chi connectivity index (χ0v) is 13.1. The minimum Gasteiger partial charge on any atom is -0.496 e. The molecule has 2 aromatic rings. The smallest absolute Gasteiger partial charge is 0.185 e. The summed E-state index contributed by atoms with van der Waals surface area (Å²) in [6.07, 6.45) is 3.13. The molecule has 3 rings (SSSR count). The molecule has 5 heteroatoms. The predicted molar refractivity (Wildman–Crippen MR) is 80.3 cm³/mol. The fourth-order valence-electron chi connectivity index (χ4n) is 2.92. The standard InChI is InChI=1S/C16H22N4O/c1-15(2,3)10-11-9-12(5-6-13(11)21-4)16(7-8-16)14-17-19-20-18-14/h5-6,9H,7-8,10H2,1-4H3,(H,17,18,19,20). The molecule has 0 radical (unpaired) electrons. The first-order chi connectivity index (χ1) is 9.94. The van der Waals surface area contributed by atoms with E-state index in [9.17, 15) is 0 Å². The topological polar surface area (TPSA) is 63.7 Å². The van der Waals surface area contributed by atoms with Crippen LogP contribution in [-0.4, -0.2) is 27.7 Å². The summed E-state index contributed by atoms with van der Waals surface area (Å²) in [5.74, 6) is 1.76. The van der Waals surface area contributed by atoms with Gasteiger partial charge in [-0.05, 0) is 41.9 Å².